The molecular formula is C11H15BO2. The van der Waals surface area contributed by atoms with E-state index in [0.717, 1.165) is 11.9 Å². The fourth-order valence-electron chi connectivity index (χ4n) is 1.80. The van der Waals surface area contributed by atoms with Crippen molar-refractivity contribution in [2.75, 3.05) is 6.61 Å². The van der Waals surface area contributed by atoms with E-state index in [9.17, 15) is 5.02 Å². The molecule has 1 aromatic rings. The summed E-state index contributed by atoms with van der Waals surface area (Å²) in [5, 5.41) is 9.65. The Hall–Kier alpha value is -0.795. The van der Waals surface area contributed by atoms with Gasteiger partial charge in [-0.1, -0.05) is 32.0 Å². The van der Waals surface area contributed by atoms with Crippen LogP contribution < -0.4 is 5.46 Å². The molecule has 0 amide bonds. The first kappa shape index (κ1) is 9.75. The fourth-order valence-corrected chi connectivity index (χ4v) is 1.80. The van der Waals surface area contributed by atoms with E-state index in [1.807, 2.05) is 0 Å². The average Bonchev–Trinajstić information content (AvgIpc) is 2.18. The zero-order valence-electron chi connectivity index (χ0n) is 8.66. The van der Waals surface area contributed by atoms with Crippen LogP contribution in [-0.2, 0) is 11.1 Å². The summed E-state index contributed by atoms with van der Waals surface area (Å²) >= 11 is 0. The summed E-state index contributed by atoms with van der Waals surface area (Å²) in [6.07, 6.45) is 0.908. The van der Waals surface area contributed by atoms with E-state index in [4.69, 9.17) is 4.65 Å². The van der Waals surface area contributed by atoms with E-state index in [0.29, 0.717) is 12.5 Å². The first-order valence-electron chi connectivity index (χ1n) is 5.11. The minimum atomic E-state index is -0.725. The van der Waals surface area contributed by atoms with Crippen LogP contribution in [0.1, 0.15) is 30.9 Å². The minimum absolute atomic E-state index is 0.495. The third-order valence-electron chi connectivity index (χ3n) is 2.75. The van der Waals surface area contributed by atoms with Crippen molar-refractivity contribution in [3.05, 3.63) is 29.3 Å². The van der Waals surface area contributed by atoms with Gasteiger partial charge in [0, 0.05) is 6.61 Å². The molecule has 1 aromatic carbocycles. The number of rotatable bonds is 1. The molecule has 0 aliphatic carbocycles. The molecule has 14 heavy (non-hydrogen) atoms. The first-order valence-corrected chi connectivity index (χ1v) is 5.11. The molecule has 1 aliphatic rings. The summed E-state index contributed by atoms with van der Waals surface area (Å²) in [6.45, 7) is 4.92. The summed E-state index contributed by atoms with van der Waals surface area (Å²) in [5.74, 6) is 0.495. The van der Waals surface area contributed by atoms with Crippen molar-refractivity contribution >= 4 is 12.6 Å². The summed E-state index contributed by atoms with van der Waals surface area (Å²) in [5.41, 5.74) is 3.42. The Labute approximate surface area is 85.1 Å². The van der Waals surface area contributed by atoms with Crippen LogP contribution >= 0.6 is 0 Å². The highest BCUT2D eigenvalue weighted by Gasteiger charge is 2.24. The molecule has 3 heteroatoms. The number of hydrogen-bond acceptors (Lipinski definition) is 2. The average molecular weight is 190 g/mol. The molecule has 2 nitrogen and oxygen atoms in total. The molecule has 1 aliphatic heterocycles. The molecule has 0 bridgehead atoms. The number of fused-ring (bicyclic) bond motifs is 1. The number of hydrogen-bond donors (Lipinski definition) is 1. The second-order valence-corrected chi connectivity index (χ2v) is 4.09. The molecule has 0 unspecified atom stereocenters. The van der Waals surface area contributed by atoms with Crippen molar-refractivity contribution in [3.8, 4) is 0 Å². The van der Waals surface area contributed by atoms with Crippen LogP contribution in [0.25, 0.3) is 0 Å². The molecule has 0 saturated heterocycles. The van der Waals surface area contributed by atoms with Crippen LogP contribution in [-0.4, -0.2) is 18.7 Å². The highest BCUT2D eigenvalue weighted by atomic mass is 16.5. The minimum Gasteiger partial charge on any atom is -0.423 e. The molecule has 1 heterocycles. The van der Waals surface area contributed by atoms with Crippen molar-refractivity contribution in [2.45, 2.75) is 26.2 Å². The Morgan fingerprint density at radius 2 is 2.21 bits per heavy atom. The van der Waals surface area contributed by atoms with Crippen LogP contribution in [0, 0.1) is 0 Å². The Kier molecular flexibility index (Phi) is 2.61. The molecule has 0 fully saturated rings. The lowest BCUT2D eigenvalue weighted by Gasteiger charge is -2.20. The molecule has 0 atom stereocenters. The fraction of sp³-hybridized carbons (Fsp3) is 0.455. The van der Waals surface area contributed by atoms with Gasteiger partial charge in [-0.05, 0) is 28.9 Å². The molecule has 0 radical (unpaired) electrons. The van der Waals surface area contributed by atoms with Gasteiger partial charge in [-0.2, -0.15) is 0 Å². The second-order valence-electron chi connectivity index (χ2n) is 4.09. The molecule has 74 valence electrons. The second kappa shape index (κ2) is 3.75. The Balaban J connectivity index is 2.41. The predicted octanol–water partition coefficient (Wildman–Crippen LogP) is 1.07. The van der Waals surface area contributed by atoms with Crippen LogP contribution in [0.2, 0.25) is 0 Å². The summed E-state index contributed by atoms with van der Waals surface area (Å²) in [4.78, 5) is 0. The van der Waals surface area contributed by atoms with E-state index in [1.54, 1.807) is 0 Å². The maximum Gasteiger partial charge on any atom is 0.491 e. The predicted molar refractivity (Wildman–Crippen MR) is 57.8 cm³/mol. The molecule has 0 saturated carbocycles. The molecule has 2 rings (SSSR count). The van der Waals surface area contributed by atoms with E-state index in [-0.39, 0.29) is 0 Å². The lowest BCUT2D eigenvalue weighted by atomic mass is 9.72. The van der Waals surface area contributed by atoms with Gasteiger partial charge in [-0.25, -0.2) is 0 Å². The van der Waals surface area contributed by atoms with E-state index < -0.39 is 7.12 Å². The zero-order chi connectivity index (χ0) is 10.1. The lowest BCUT2D eigenvalue weighted by molar-refractivity contribution is 0.266. The van der Waals surface area contributed by atoms with Crippen LogP contribution in [0.15, 0.2) is 18.2 Å². The van der Waals surface area contributed by atoms with Gasteiger partial charge < -0.3 is 9.68 Å². The summed E-state index contributed by atoms with van der Waals surface area (Å²) in [6, 6.07) is 6.31. The van der Waals surface area contributed by atoms with Crippen LogP contribution in [0.3, 0.4) is 0 Å². The van der Waals surface area contributed by atoms with E-state index >= 15 is 0 Å². The third-order valence-corrected chi connectivity index (χ3v) is 2.75. The maximum atomic E-state index is 9.65. The highest BCUT2D eigenvalue weighted by Crippen LogP contribution is 2.16. The van der Waals surface area contributed by atoms with Gasteiger partial charge in [0.25, 0.3) is 0 Å². The SMILES string of the molecule is CC(C)c1ccc2c(c1)B(O)OCC2. The smallest absolute Gasteiger partial charge is 0.423 e. The van der Waals surface area contributed by atoms with Crippen LogP contribution in [0.5, 0.6) is 0 Å². The van der Waals surface area contributed by atoms with Crippen molar-refractivity contribution in [2.24, 2.45) is 0 Å². The van der Waals surface area contributed by atoms with Gasteiger partial charge >= 0.3 is 7.12 Å². The Bertz CT molecular complexity index is 336. The molecule has 0 aromatic heterocycles. The third kappa shape index (κ3) is 1.70. The normalized spacial score (nSPS) is 15.9. The van der Waals surface area contributed by atoms with E-state index in [1.165, 1.54) is 11.1 Å². The Morgan fingerprint density at radius 1 is 1.43 bits per heavy atom. The first-order chi connectivity index (χ1) is 6.68. The molecular weight excluding hydrogens is 175 g/mol. The monoisotopic (exact) mass is 190 g/mol. The quantitative estimate of drug-likeness (QED) is 0.671. The zero-order valence-corrected chi connectivity index (χ0v) is 8.66. The standard InChI is InChI=1S/C11H15BO2/c1-8(2)10-4-3-9-5-6-14-12(13)11(9)7-10/h3-4,7-8,13H,5-6H2,1-2H3. The Morgan fingerprint density at radius 3 is 2.93 bits per heavy atom. The molecule has 1 N–H and O–H groups in total. The highest BCUT2D eigenvalue weighted by molar-refractivity contribution is 6.60. The maximum absolute atomic E-state index is 9.65. The van der Waals surface area contributed by atoms with Gasteiger partial charge in [-0.15, -0.1) is 0 Å². The van der Waals surface area contributed by atoms with Crippen molar-refractivity contribution in [1.82, 2.24) is 0 Å². The summed E-state index contributed by atoms with van der Waals surface area (Å²) < 4.78 is 5.19. The van der Waals surface area contributed by atoms with Gasteiger partial charge in [0.15, 0.2) is 0 Å². The summed E-state index contributed by atoms with van der Waals surface area (Å²) in [7, 11) is -0.725. The van der Waals surface area contributed by atoms with Crippen molar-refractivity contribution in [3.63, 3.8) is 0 Å². The van der Waals surface area contributed by atoms with Gasteiger partial charge in [-0.3, -0.25) is 0 Å². The number of benzene rings is 1. The largest absolute Gasteiger partial charge is 0.491 e. The van der Waals surface area contributed by atoms with Crippen LogP contribution in [0.4, 0.5) is 0 Å². The molecule has 0 spiro atoms. The van der Waals surface area contributed by atoms with Gasteiger partial charge in [0.2, 0.25) is 0 Å². The van der Waals surface area contributed by atoms with Crippen molar-refractivity contribution < 1.29 is 9.68 Å². The van der Waals surface area contributed by atoms with E-state index in [2.05, 4.69) is 32.0 Å². The van der Waals surface area contributed by atoms with Gasteiger partial charge in [0.1, 0.15) is 0 Å². The van der Waals surface area contributed by atoms with Gasteiger partial charge in [0.05, 0.1) is 0 Å². The van der Waals surface area contributed by atoms with Crippen molar-refractivity contribution in [1.29, 1.82) is 0 Å². The topological polar surface area (TPSA) is 29.5 Å². The lowest BCUT2D eigenvalue weighted by Crippen LogP contribution is -2.41.